The van der Waals surface area contributed by atoms with Crippen molar-refractivity contribution >= 4 is 52.5 Å². The maximum absolute atomic E-state index is 13.6. The van der Waals surface area contributed by atoms with Crippen LogP contribution in [0.3, 0.4) is 0 Å². The number of aryl methyl sites for hydroxylation is 2. The Balaban J connectivity index is 1.84. The van der Waals surface area contributed by atoms with Crippen LogP contribution in [-0.4, -0.2) is 32.9 Å². The van der Waals surface area contributed by atoms with Gasteiger partial charge in [-0.1, -0.05) is 42.8 Å². The van der Waals surface area contributed by atoms with Crippen LogP contribution in [0.25, 0.3) is 11.8 Å². The summed E-state index contributed by atoms with van der Waals surface area (Å²) in [6.07, 6.45) is 2.41. The van der Waals surface area contributed by atoms with Gasteiger partial charge in [-0.2, -0.15) is 0 Å². The van der Waals surface area contributed by atoms with Crippen molar-refractivity contribution in [2.24, 2.45) is 0 Å². The summed E-state index contributed by atoms with van der Waals surface area (Å²) in [6.45, 7) is 8.41. The second kappa shape index (κ2) is 9.57. The molecular formula is C27H26ClN3O2S. The van der Waals surface area contributed by atoms with Crippen LogP contribution in [0.1, 0.15) is 35.9 Å². The first-order valence-corrected chi connectivity index (χ1v) is 12.0. The molecule has 0 unspecified atom stereocenters. The van der Waals surface area contributed by atoms with Gasteiger partial charge < -0.3 is 4.57 Å². The van der Waals surface area contributed by atoms with Crippen molar-refractivity contribution in [3.63, 3.8) is 0 Å². The monoisotopic (exact) mass is 491 g/mol. The number of carbonyl (C=O) groups is 2. The van der Waals surface area contributed by atoms with Crippen molar-refractivity contribution in [2.75, 3.05) is 11.4 Å². The quantitative estimate of drug-likeness (QED) is 0.249. The van der Waals surface area contributed by atoms with Crippen LogP contribution >= 0.6 is 23.8 Å². The third-order valence-electron chi connectivity index (χ3n) is 5.98. The van der Waals surface area contributed by atoms with Crippen molar-refractivity contribution in [3.05, 3.63) is 87.7 Å². The minimum Gasteiger partial charge on any atom is -0.318 e. The largest absolute Gasteiger partial charge is 0.318 e. The zero-order valence-electron chi connectivity index (χ0n) is 19.6. The van der Waals surface area contributed by atoms with E-state index >= 15 is 0 Å². The van der Waals surface area contributed by atoms with Crippen molar-refractivity contribution in [1.29, 1.82) is 0 Å². The van der Waals surface area contributed by atoms with Crippen LogP contribution in [0.15, 0.2) is 60.2 Å². The second-order valence-corrected chi connectivity index (χ2v) is 9.17. The fraction of sp³-hybridized carbons (Fsp3) is 0.222. The van der Waals surface area contributed by atoms with Gasteiger partial charge in [-0.15, -0.1) is 0 Å². The van der Waals surface area contributed by atoms with Crippen LogP contribution in [-0.2, 0) is 9.59 Å². The van der Waals surface area contributed by atoms with Crippen LogP contribution in [0.4, 0.5) is 5.69 Å². The fourth-order valence-corrected chi connectivity index (χ4v) is 4.81. The Kier molecular flexibility index (Phi) is 6.73. The highest BCUT2D eigenvalue weighted by atomic mass is 35.5. The molecule has 0 aliphatic carbocycles. The molecule has 0 atom stereocenters. The average molecular weight is 492 g/mol. The Labute approximate surface area is 210 Å². The van der Waals surface area contributed by atoms with Crippen LogP contribution in [0.2, 0.25) is 5.02 Å². The molecule has 0 radical (unpaired) electrons. The molecule has 0 bridgehead atoms. The van der Waals surface area contributed by atoms with Gasteiger partial charge in [-0.05, 0) is 86.9 Å². The summed E-state index contributed by atoms with van der Waals surface area (Å²) in [7, 11) is 0. The third-order valence-corrected chi connectivity index (χ3v) is 6.61. The van der Waals surface area contributed by atoms with Gasteiger partial charge in [-0.25, -0.2) is 0 Å². The topological polar surface area (TPSA) is 45.6 Å². The first-order valence-electron chi connectivity index (χ1n) is 11.2. The third kappa shape index (κ3) is 4.19. The molecule has 1 aromatic heterocycles. The molecule has 7 heteroatoms. The number of hydrogen-bond acceptors (Lipinski definition) is 3. The molecule has 3 aromatic rings. The first-order chi connectivity index (χ1) is 16.2. The number of rotatable bonds is 5. The number of amides is 2. The zero-order chi connectivity index (χ0) is 24.6. The van der Waals surface area contributed by atoms with E-state index in [1.54, 1.807) is 6.08 Å². The van der Waals surface area contributed by atoms with E-state index in [2.05, 4.69) is 4.57 Å². The van der Waals surface area contributed by atoms with Crippen molar-refractivity contribution in [3.8, 4) is 5.69 Å². The molecule has 2 heterocycles. The molecule has 2 aromatic carbocycles. The van der Waals surface area contributed by atoms with E-state index in [1.165, 1.54) is 9.80 Å². The maximum Gasteiger partial charge on any atom is 0.270 e. The lowest BCUT2D eigenvalue weighted by atomic mass is 10.1. The number of para-hydroxylation sites is 1. The van der Waals surface area contributed by atoms with Gasteiger partial charge in [0.05, 0.1) is 5.69 Å². The molecule has 1 saturated heterocycles. The lowest BCUT2D eigenvalue weighted by Gasteiger charge is -2.36. The van der Waals surface area contributed by atoms with Crippen LogP contribution in [0.5, 0.6) is 0 Å². The molecule has 2 amide bonds. The number of carbonyl (C=O) groups excluding carboxylic acids is 2. The van der Waals surface area contributed by atoms with E-state index in [1.807, 2.05) is 82.3 Å². The number of nitrogens with zero attached hydrogens (tertiary/aromatic N) is 3. The summed E-state index contributed by atoms with van der Waals surface area (Å²) in [4.78, 5) is 29.9. The van der Waals surface area contributed by atoms with Gasteiger partial charge in [0, 0.05) is 28.6 Å². The standard InChI is InChI=1S/C27H26ClN3O2S/c1-5-13-29-25(32)23(26(33)31(27(29)34)22-9-7-6-8-10-22)15-20-14-18(3)30(19(20)4)24-16-21(28)12-11-17(24)2/h6-12,14-16H,5,13H2,1-4H3/b23-15+. The van der Waals surface area contributed by atoms with Crippen molar-refractivity contribution in [2.45, 2.75) is 34.1 Å². The predicted molar refractivity (Wildman–Crippen MR) is 141 cm³/mol. The molecule has 34 heavy (non-hydrogen) atoms. The number of thiocarbonyl (C=S) groups is 1. The number of hydrogen-bond donors (Lipinski definition) is 0. The Morgan fingerprint density at radius 2 is 1.68 bits per heavy atom. The van der Waals surface area contributed by atoms with E-state index in [0.717, 1.165) is 34.6 Å². The lowest BCUT2D eigenvalue weighted by molar-refractivity contribution is -0.127. The summed E-state index contributed by atoms with van der Waals surface area (Å²) < 4.78 is 2.09. The SMILES string of the molecule is CCCN1C(=O)/C(=C\c2cc(C)n(-c3cc(Cl)ccc3C)c2C)C(=O)N(c2ccccc2)C1=S. The molecular weight excluding hydrogens is 466 g/mol. The number of benzene rings is 2. The molecule has 0 spiro atoms. The molecule has 5 nitrogen and oxygen atoms in total. The molecule has 0 saturated carbocycles. The van der Waals surface area contributed by atoms with E-state index in [9.17, 15) is 9.59 Å². The first kappa shape index (κ1) is 23.9. The Hall–Kier alpha value is -3.22. The minimum atomic E-state index is -0.419. The maximum atomic E-state index is 13.6. The van der Waals surface area contributed by atoms with Crippen molar-refractivity contribution < 1.29 is 9.59 Å². The summed E-state index contributed by atoms with van der Waals surface area (Å²) in [6, 6.07) is 16.9. The van der Waals surface area contributed by atoms with E-state index in [-0.39, 0.29) is 16.6 Å². The predicted octanol–water partition coefficient (Wildman–Crippen LogP) is 6.01. The Morgan fingerprint density at radius 1 is 0.971 bits per heavy atom. The summed E-state index contributed by atoms with van der Waals surface area (Å²) >= 11 is 11.8. The van der Waals surface area contributed by atoms with Gasteiger partial charge in [0.2, 0.25) is 0 Å². The molecule has 174 valence electrons. The smallest absolute Gasteiger partial charge is 0.270 e. The number of halogens is 1. The summed E-state index contributed by atoms with van der Waals surface area (Å²) in [5.74, 6) is -0.787. The Bertz CT molecular complexity index is 1330. The van der Waals surface area contributed by atoms with Crippen LogP contribution < -0.4 is 4.90 Å². The number of anilines is 1. The van der Waals surface area contributed by atoms with Gasteiger partial charge >= 0.3 is 0 Å². The molecule has 1 aliphatic rings. The number of aromatic nitrogens is 1. The minimum absolute atomic E-state index is 0.0916. The van der Waals surface area contributed by atoms with E-state index in [4.69, 9.17) is 23.8 Å². The highest BCUT2D eigenvalue weighted by Gasteiger charge is 2.40. The molecule has 0 N–H and O–H groups in total. The zero-order valence-corrected chi connectivity index (χ0v) is 21.2. The van der Waals surface area contributed by atoms with Gasteiger partial charge in [0.15, 0.2) is 5.11 Å². The van der Waals surface area contributed by atoms with E-state index < -0.39 is 5.91 Å². The highest BCUT2D eigenvalue weighted by molar-refractivity contribution is 7.80. The summed E-state index contributed by atoms with van der Waals surface area (Å²) in [5.41, 5.74) is 5.46. The molecule has 1 aliphatic heterocycles. The van der Waals surface area contributed by atoms with Gasteiger partial charge in [0.25, 0.3) is 11.8 Å². The van der Waals surface area contributed by atoms with Gasteiger partial charge in [-0.3, -0.25) is 19.4 Å². The molecule has 4 rings (SSSR count). The lowest BCUT2D eigenvalue weighted by Crippen LogP contribution is -2.56. The van der Waals surface area contributed by atoms with Gasteiger partial charge in [0.1, 0.15) is 5.57 Å². The van der Waals surface area contributed by atoms with E-state index in [0.29, 0.717) is 17.3 Å². The molecule has 1 fully saturated rings. The van der Waals surface area contributed by atoms with Crippen LogP contribution in [0, 0.1) is 20.8 Å². The summed E-state index contributed by atoms with van der Waals surface area (Å²) in [5, 5.41) is 0.855. The van der Waals surface area contributed by atoms with Crippen molar-refractivity contribution in [1.82, 2.24) is 9.47 Å². The highest BCUT2D eigenvalue weighted by Crippen LogP contribution is 2.30. The Morgan fingerprint density at radius 3 is 2.35 bits per heavy atom. The second-order valence-electron chi connectivity index (χ2n) is 8.37. The fourth-order valence-electron chi connectivity index (χ4n) is 4.28. The average Bonchev–Trinajstić information content (AvgIpc) is 3.09. The normalized spacial score (nSPS) is 15.6.